The standard InChI is InChI=1S/C24H36N2O2/c1-4-18(14-17-8-6-5-7-9-17)21-15-22(21)26-20-12-10-19(11-13-20)25-16-24(2,3)23(27)28/h5-9,14,19-22,25-26H,4,10-13,15-16H2,1-3H3,(H,27,28)/b18-14+/t19-,20-,21-,22+/m1/s1. The average molecular weight is 385 g/mol. The van der Waals surface area contributed by atoms with Gasteiger partial charge in [-0.3, -0.25) is 4.79 Å². The first kappa shape index (κ1) is 21.1. The molecule has 154 valence electrons. The highest BCUT2D eigenvalue weighted by molar-refractivity contribution is 5.73. The molecule has 0 saturated heterocycles. The summed E-state index contributed by atoms with van der Waals surface area (Å²) in [5, 5.41) is 16.6. The molecule has 2 atom stereocenters. The summed E-state index contributed by atoms with van der Waals surface area (Å²) in [5.74, 6) is -0.0390. The van der Waals surface area contributed by atoms with Gasteiger partial charge in [-0.05, 0) is 63.9 Å². The Morgan fingerprint density at radius 3 is 2.39 bits per heavy atom. The number of carboxylic acids is 1. The molecule has 28 heavy (non-hydrogen) atoms. The first-order valence-corrected chi connectivity index (χ1v) is 10.9. The van der Waals surface area contributed by atoms with Crippen molar-refractivity contribution in [1.82, 2.24) is 10.6 Å². The van der Waals surface area contributed by atoms with Crippen LogP contribution >= 0.6 is 0 Å². The SMILES string of the molecule is CC/C(=C\c1ccccc1)[C@H]1C[C@@H]1N[C@H]1CC[C@H](NCC(C)(C)C(=O)O)CC1. The molecule has 2 aliphatic rings. The van der Waals surface area contributed by atoms with Gasteiger partial charge < -0.3 is 15.7 Å². The summed E-state index contributed by atoms with van der Waals surface area (Å²) in [7, 11) is 0. The molecule has 4 heteroatoms. The van der Waals surface area contributed by atoms with Crippen molar-refractivity contribution in [3.05, 3.63) is 41.5 Å². The molecule has 0 bridgehead atoms. The Morgan fingerprint density at radius 1 is 1.14 bits per heavy atom. The fraction of sp³-hybridized carbons (Fsp3) is 0.625. The summed E-state index contributed by atoms with van der Waals surface area (Å²) in [5.41, 5.74) is 2.17. The van der Waals surface area contributed by atoms with Gasteiger partial charge in [0.15, 0.2) is 0 Å². The van der Waals surface area contributed by atoms with E-state index in [1.807, 2.05) is 0 Å². The van der Waals surface area contributed by atoms with Crippen molar-refractivity contribution < 1.29 is 9.90 Å². The van der Waals surface area contributed by atoms with Gasteiger partial charge in [0.2, 0.25) is 0 Å². The van der Waals surface area contributed by atoms with E-state index in [1.54, 1.807) is 19.4 Å². The van der Waals surface area contributed by atoms with Crippen LogP contribution in [0.2, 0.25) is 0 Å². The lowest BCUT2D eigenvalue weighted by molar-refractivity contribution is -0.146. The molecule has 0 spiro atoms. The highest BCUT2D eigenvalue weighted by Gasteiger charge is 2.40. The Morgan fingerprint density at radius 2 is 1.79 bits per heavy atom. The third kappa shape index (κ3) is 5.68. The second-order valence-electron chi connectivity index (χ2n) is 9.22. The molecule has 0 aliphatic heterocycles. The number of benzene rings is 1. The van der Waals surface area contributed by atoms with Crippen LogP contribution < -0.4 is 10.6 Å². The Kier molecular flexibility index (Phi) is 6.95. The topological polar surface area (TPSA) is 61.4 Å². The van der Waals surface area contributed by atoms with Gasteiger partial charge in [0.05, 0.1) is 5.41 Å². The fourth-order valence-electron chi connectivity index (χ4n) is 4.27. The second kappa shape index (κ2) is 9.23. The first-order chi connectivity index (χ1) is 13.4. The molecule has 3 N–H and O–H groups in total. The number of rotatable bonds is 9. The molecule has 0 aromatic heterocycles. The maximum atomic E-state index is 11.2. The zero-order valence-corrected chi connectivity index (χ0v) is 17.6. The van der Waals surface area contributed by atoms with Gasteiger partial charge in [-0.2, -0.15) is 0 Å². The normalized spacial score (nSPS) is 28.2. The number of aliphatic carboxylic acids is 1. The number of carboxylic acid groups (broad SMARTS) is 1. The molecule has 0 unspecified atom stereocenters. The van der Waals surface area contributed by atoms with Crippen LogP contribution in [0, 0.1) is 11.3 Å². The largest absolute Gasteiger partial charge is 0.481 e. The number of carbonyl (C=O) groups is 1. The summed E-state index contributed by atoms with van der Waals surface area (Å²) in [4.78, 5) is 11.2. The van der Waals surface area contributed by atoms with Crippen LogP contribution in [0.25, 0.3) is 6.08 Å². The zero-order chi connectivity index (χ0) is 20.1. The predicted molar refractivity (Wildman–Crippen MR) is 115 cm³/mol. The molecule has 1 aromatic rings. The van der Waals surface area contributed by atoms with Crippen molar-refractivity contribution in [3.8, 4) is 0 Å². The van der Waals surface area contributed by atoms with Crippen molar-refractivity contribution in [3.63, 3.8) is 0 Å². The Hall–Kier alpha value is -1.65. The van der Waals surface area contributed by atoms with Gasteiger partial charge >= 0.3 is 5.97 Å². The zero-order valence-electron chi connectivity index (χ0n) is 17.6. The number of hydrogen-bond acceptors (Lipinski definition) is 3. The van der Waals surface area contributed by atoms with Crippen LogP contribution in [0.1, 0.15) is 64.9 Å². The van der Waals surface area contributed by atoms with Crippen molar-refractivity contribution in [2.24, 2.45) is 11.3 Å². The minimum atomic E-state index is -0.731. The summed E-state index contributed by atoms with van der Waals surface area (Å²) in [6.45, 7) is 6.38. The van der Waals surface area contributed by atoms with Crippen molar-refractivity contribution in [1.29, 1.82) is 0 Å². The summed E-state index contributed by atoms with van der Waals surface area (Å²) < 4.78 is 0. The Balaban J connectivity index is 1.41. The summed E-state index contributed by atoms with van der Waals surface area (Å²) >= 11 is 0. The minimum absolute atomic E-state index is 0.454. The van der Waals surface area contributed by atoms with Gasteiger partial charge in [-0.1, -0.05) is 48.9 Å². The van der Waals surface area contributed by atoms with Crippen molar-refractivity contribution in [2.75, 3.05) is 6.54 Å². The van der Waals surface area contributed by atoms with Gasteiger partial charge in [0.1, 0.15) is 0 Å². The van der Waals surface area contributed by atoms with E-state index in [0.29, 0.717) is 30.6 Å². The molecular formula is C24H36N2O2. The molecule has 0 heterocycles. The van der Waals surface area contributed by atoms with Crippen LogP contribution in [-0.2, 0) is 4.79 Å². The van der Waals surface area contributed by atoms with Crippen LogP contribution in [0.4, 0.5) is 0 Å². The van der Waals surface area contributed by atoms with E-state index < -0.39 is 11.4 Å². The van der Waals surface area contributed by atoms with Crippen molar-refractivity contribution >= 4 is 12.0 Å². The predicted octanol–water partition coefficient (Wildman–Crippen LogP) is 4.47. The lowest BCUT2D eigenvalue weighted by atomic mass is 9.88. The molecule has 1 aromatic carbocycles. The van der Waals surface area contributed by atoms with E-state index in [-0.39, 0.29) is 0 Å². The van der Waals surface area contributed by atoms with E-state index in [9.17, 15) is 9.90 Å². The quantitative estimate of drug-likeness (QED) is 0.588. The molecular weight excluding hydrogens is 348 g/mol. The van der Waals surface area contributed by atoms with E-state index in [2.05, 4.69) is 54.0 Å². The monoisotopic (exact) mass is 384 g/mol. The lowest BCUT2D eigenvalue weighted by Gasteiger charge is -2.32. The highest BCUT2D eigenvalue weighted by Crippen LogP contribution is 2.40. The third-order valence-electron chi connectivity index (χ3n) is 6.42. The molecule has 0 amide bonds. The van der Waals surface area contributed by atoms with Crippen LogP contribution in [0.5, 0.6) is 0 Å². The molecule has 2 fully saturated rings. The van der Waals surface area contributed by atoms with E-state index >= 15 is 0 Å². The molecule has 2 aliphatic carbocycles. The third-order valence-corrected chi connectivity index (χ3v) is 6.42. The number of hydrogen-bond donors (Lipinski definition) is 3. The maximum absolute atomic E-state index is 11.2. The fourth-order valence-corrected chi connectivity index (χ4v) is 4.27. The Labute approximate surface area is 169 Å². The smallest absolute Gasteiger partial charge is 0.310 e. The highest BCUT2D eigenvalue weighted by atomic mass is 16.4. The van der Waals surface area contributed by atoms with Gasteiger partial charge in [-0.25, -0.2) is 0 Å². The number of nitrogens with one attached hydrogen (secondary N) is 2. The average Bonchev–Trinajstić information content (AvgIpc) is 3.45. The summed E-state index contributed by atoms with van der Waals surface area (Å²) in [6.07, 6.45) is 9.37. The minimum Gasteiger partial charge on any atom is -0.481 e. The van der Waals surface area contributed by atoms with Gasteiger partial charge in [0.25, 0.3) is 0 Å². The van der Waals surface area contributed by atoms with Crippen LogP contribution in [-0.4, -0.2) is 35.7 Å². The molecule has 0 radical (unpaired) electrons. The lowest BCUT2D eigenvalue weighted by Crippen LogP contribution is -2.45. The molecule has 2 saturated carbocycles. The second-order valence-corrected chi connectivity index (χ2v) is 9.22. The maximum Gasteiger partial charge on any atom is 0.310 e. The van der Waals surface area contributed by atoms with Gasteiger partial charge in [-0.15, -0.1) is 0 Å². The molecule has 4 nitrogen and oxygen atoms in total. The van der Waals surface area contributed by atoms with E-state index in [0.717, 1.165) is 19.3 Å². The van der Waals surface area contributed by atoms with E-state index in [4.69, 9.17) is 0 Å². The van der Waals surface area contributed by atoms with Crippen molar-refractivity contribution in [2.45, 2.75) is 77.4 Å². The molecule has 3 rings (SSSR count). The van der Waals surface area contributed by atoms with Gasteiger partial charge in [0, 0.05) is 24.7 Å². The van der Waals surface area contributed by atoms with Crippen LogP contribution in [0.3, 0.4) is 0 Å². The Bertz CT molecular complexity index is 675. The summed E-state index contributed by atoms with van der Waals surface area (Å²) in [6, 6.07) is 12.3. The first-order valence-electron chi connectivity index (χ1n) is 10.9. The van der Waals surface area contributed by atoms with E-state index in [1.165, 1.54) is 24.8 Å². The van der Waals surface area contributed by atoms with Crippen LogP contribution in [0.15, 0.2) is 35.9 Å².